The van der Waals surface area contributed by atoms with Gasteiger partial charge in [-0.25, -0.2) is 8.42 Å². The number of rotatable bonds is 5. The summed E-state index contributed by atoms with van der Waals surface area (Å²) in [7, 11) is -3.66. The van der Waals surface area contributed by atoms with Gasteiger partial charge in [0.05, 0.1) is 16.4 Å². The van der Waals surface area contributed by atoms with Crippen LogP contribution in [-0.2, 0) is 16.4 Å². The molecule has 0 bridgehead atoms. The monoisotopic (exact) mass is 324 g/mol. The molecule has 1 heterocycles. The minimum Gasteiger partial charge on any atom is -0.393 e. The van der Waals surface area contributed by atoms with Crippen LogP contribution in [0.1, 0.15) is 17.0 Å². The number of nitrogens with two attached hydrogens (primary N) is 1. The van der Waals surface area contributed by atoms with Crippen LogP contribution < -0.4 is 10.5 Å². The fourth-order valence-electron chi connectivity index (χ4n) is 2.03. The van der Waals surface area contributed by atoms with Crippen molar-refractivity contribution in [1.29, 1.82) is 0 Å². The highest BCUT2D eigenvalue weighted by Gasteiger charge is 2.22. The third-order valence-electron chi connectivity index (χ3n) is 2.91. The van der Waals surface area contributed by atoms with Crippen molar-refractivity contribution in [3.05, 3.63) is 41.2 Å². The molecule has 0 spiro atoms. The zero-order valence-electron chi connectivity index (χ0n) is 11.7. The first kappa shape index (κ1) is 15.5. The van der Waals surface area contributed by atoms with Crippen LogP contribution in [-0.4, -0.2) is 23.6 Å². The zero-order chi connectivity index (χ0) is 15.6. The molecule has 21 heavy (non-hydrogen) atoms. The Labute approximate surface area is 128 Å². The van der Waals surface area contributed by atoms with E-state index in [9.17, 15) is 8.42 Å². The Kier molecular flexibility index (Phi) is 4.29. The Morgan fingerprint density at radius 2 is 1.95 bits per heavy atom. The summed E-state index contributed by atoms with van der Waals surface area (Å²) in [4.78, 5) is 0.572. The largest absolute Gasteiger partial charge is 0.393 e. The predicted octanol–water partition coefficient (Wildman–Crippen LogP) is 1.66. The van der Waals surface area contributed by atoms with Crippen LogP contribution >= 0.6 is 12.2 Å². The van der Waals surface area contributed by atoms with Crippen LogP contribution in [0.2, 0.25) is 0 Å². The Hall–Kier alpha value is -1.93. The van der Waals surface area contributed by atoms with Gasteiger partial charge in [-0.1, -0.05) is 24.4 Å². The van der Waals surface area contributed by atoms with Gasteiger partial charge in [0.2, 0.25) is 0 Å². The summed E-state index contributed by atoms with van der Waals surface area (Å²) in [5.41, 5.74) is 7.82. The number of nitrogens with one attached hydrogen (secondary N) is 2. The molecule has 0 fully saturated rings. The quantitative estimate of drug-likeness (QED) is 0.726. The number of aryl methyl sites for hydroxylation is 2. The molecule has 0 aliphatic carbocycles. The molecule has 0 amide bonds. The summed E-state index contributed by atoms with van der Waals surface area (Å²) in [6.07, 6.45) is 0.488. The van der Waals surface area contributed by atoms with Gasteiger partial charge in [0.1, 0.15) is 4.90 Å². The Balaban J connectivity index is 2.23. The average molecular weight is 324 g/mol. The molecule has 112 valence electrons. The molecule has 2 aromatic rings. The van der Waals surface area contributed by atoms with E-state index in [1.54, 1.807) is 38.1 Å². The maximum Gasteiger partial charge on any atom is 0.265 e. The summed E-state index contributed by atoms with van der Waals surface area (Å²) < 4.78 is 27.2. The van der Waals surface area contributed by atoms with E-state index in [4.69, 9.17) is 18.0 Å². The first-order valence-electron chi connectivity index (χ1n) is 6.21. The van der Waals surface area contributed by atoms with E-state index in [0.29, 0.717) is 28.5 Å². The molecule has 0 aliphatic rings. The number of H-pyrrole nitrogens is 1. The van der Waals surface area contributed by atoms with Crippen LogP contribution in [0.25, 0.3) is 0 Å². The molecule has 6 nitrogen and oxygen atoms in total. The van der Waals surface area contributed by atoms with E-state index in [1.165, 1.54) is 0 Å². The molecule has 0 unspecified atom stereocenters. The molecule has 0 saturated heterocycles. The summed E-state index contributed by atoms with van der Waals surface area (Å²) in [5, 5.41) is 6.56. The fourth-order valence-corrected chi connectivity index (χ4v) is 3.63. The molecule has 0 radical (unpaired) electrons. The third-order valence-corrected chi connectivity index (χ3v) is 4.70. The molecule has 0 aliphatic heterocycles. The predicted molar refractivity (Wildman–Crippen MR) is 85.8 cm³/mol. The van der Waals surface area contributed by atoms with Crippen molar-refractivity contribution >= 4 is 32.9 Å². The average Bonchev–Trinajstić information content (AvgIpc) is 2.71. The van der Waals surface area contributed by atoms with Gasteiger partial charge in [-0.2, -0.15) is 5.10 Å². The van der Waals surface area contributed by atoms with Crippen molar-refractivity contribution in [2.45, 2.75) is 25.2 Å². The lowest BCUT2D eigenvalue weighted by Gasteiger charge is -2.09. The highest BCUT2D eigenvalue weighted by molar-refractivity contribution is 7.92. The van der Waals surface area contributed by atoms with Crippen molar-refractivity contribution in [1.82, 2.24) is 10.2 Å². The summed E-state index contributed by atoms with van der Waals surface area (Å²) >= 11 is 4.84. The maximum atomic E-state index is 12.4. The van der Waals surface area contributed by atoms with Gasteiger partial charge in [-0.3, -0.25) is 9.82 Å². The van der Waals surface area contributed by atoms with Gasteiger partial charge >= 0.3 is 0 Å². The van der Waals surface area contributed by atoms with Gasteiger partial charge in [0, 0.05) is 12.1 Å². The number of sulfonamides is 1. The minimum atomic E-state index is -3.66. The molecule has 1 aromatic heterocycles. The Bertz CT molecular complexity index is 744. The summed E-state index contributed by atoms with van der Waals surface area (Å²) in [6.45, 7) is 3.31. The molecule has 0 atom stereocenters. The van der Waals surface area contributed by atoms with E-state index in [1.807, 2.05) is 0 Å². The molecule has 4 N–H and O–H groups in total. The highest BCUT2D eigenvalue weighted by atomic mass is 32.2. The van der Waals surface area contributed by atoms with E-state index < -0.39 is 10.0 Å². The molecular weight excluding hydrogens is 308 g/mol. The van der Waals surface area contributed by atoms with Crippen LogP contribution in [0.5, 0.6) is 0 Å². The Morgan fingerprint density at radius 3 is 2.43 bits per heavy atom. The first-order valence-corrected chi connectivity index (χ1v) is 8.10. The normalized spacial score (nSPS) is 11.3. The fraction of sp³-hybridized carbons (Fsp3) is 0.231. The number of anilines is 1. The lowest BCUT2D eigenvalue weighted by atomic mass is 10.1. The third kappa shape index (κ3) is 3.59. The van der Waals surface area contributed by atoms with Gasteiger partial charge < -0.3 is 5.73 Å². The maximum absolute atomic E-state index is 12.4. The standard InChI is InChI=1S/C13H16N4O2S2/c1-8-13(9(2)16-15-8)21(18,19)17-11-5-3-10(4-6-11)7-12(14)20/h3-6,17H,7H2,1-2H3,(H2,14,20)(H,15,16). The van der Waals surface area contributed by atoms with Gasteiger partial charge in [-0.15, -0.1) is 0 Å². The second-order valence-corrected chi connectivity index (χ2v) is 6.85. The minimum absolute atomic E-state index is 0.176. The number of hydrogen-bond donors (Lipinski definition) is 3. The van der Waals surface area contributed by atoms with E-state index in [2.05, 4.69) is 14.9 Å². The number of aromatic nitrogens is 2. The molecule has 0 saturated carbocycles. The number of hydrogen-bond acceptors (Lipinski definition) is 4. The smallest absolute Gasteiger partial charge is 0.265 e. The number of thiocarbonyl (C=S) groups is 1. The molecular formula is C13H16N4O2S2. The topological polar surface area (TPSA) is 101 Å². The van der Waals surface area contributed by atoms with E-state index in [0.717, 1.165) is 5.56 Å². The van der Waals surface area contributed by atoms with Crippen LogP contribution in [0.15, 0.2) is 29.2 Å². The second-order valence-electron chi connectivity index (χ2n) is 4.71. The van der Waals surface area contributed by atoms with Crippen molar-refractivity contribution in [3.63, 3.8) is 0 Å². The molecule has 8 heteroatoms. The van der Waals surface area contributed by atoms with Crippen LogP contribution in [0.3, 0.4) is 0 Å². The van der Waals surface area contributed by atoms with Gasteiger partial charge in [0.25, 0.3) is 10.0 Å². The van der Waals surface area contributed by atoms with Crippen LogP contribution in [0, 0.1) is 13.8 Å². The highest BCUT2D eigenvalue weighted by Crippen LogP contribution is 2.21. The molecule has 2 rings (SSSR count). The Morgan fingerprint density at radius 1 is 1.33 bits per heavy atom. The van der Waals surface area contributed by atoms with Crippen molar-refractivity contribution in [2.75, 3.05) is 4.72 Å². The molecule has 1 aromatic carbocycles. The van der Waals surface area contributed by atoms with Gasteiger partial charge in [0.15, 0.2) is 0 Å². The van der Waals surface area contributed by atoms with Crippen molar-refractivity contribution < 1.29 is 8.42 Å². The summed E-state index contributed by atoms with van der Waals surface area (Å²) in [6, 6.07) is 6.92. The zero-order valence-corrected chi connectivity index (χ0v) is 13.3. The number of benzene rings is 1. The van der Waals surface area contributed by atoms with Gasteiger partial charge in [-0.05, 0) is 31.5 Å². The van der Waals surface area contributed by atoms with Crippen molar-refractivity contribution in [3.8, 4) is 0 Å². The number of nitrogens with zero attached hydrogens (tertiary/aromatic N) is 1. The second kappa shape index (κ2) is 5.82. The lowest BCUT2D eigenvalue weighted by Crippen LogP contribution is -2.15. The van der Waals surface area contributed by atoms with Crippen molar-refractivity contribution in [2.24, 2.45) is 5.73 Å². The number of aromatic amines is 1. The SMILES string of the molecule is Cc1n[nH]c(C)c1S(=O)(=O)Nc1ccc(CC(N)=S)cc1. The van der Waals surface area contributed by atoms with E-state index in [-0.39, 0.29) is 4.90 Å². The van der Waals surface area contributed by atoms with E-state index >= 15 is 0 Å². The summed E-state index contributed by atoms with van der Waals surface area (Å²) in [5.74, 6) is 0. The van der Waals surface area contributed by atoms with Crippen LogP contribution in [0.4, 0.5) is 5.69 Å². The lowest BCUT2D eigenvalue weighted by molar-refractivity contribution is 0.600. The first-order chi connectivity index (χ1) is 9.79.